The van der Waals surface area contributed by atoms with Gasteiger partial charge in [0.1, 0.15) is 11.6 Å². The number of hydrogen-bond acceptors (Lipinski definition) is 2. The van der Waals surface area contributed by atoms with Crippen LogP contribution in [0.3, 0.4) is 0 Å². The molecule has 2 heterocycles. The third-order valence-electron chi connectivity index (χ3n) is 4.70. The van der Waals surface area contributed by atoms with Gasteiger partial charge in [-0.2, -0.15) is 0 Å². The van der Waals surface area contributed by atoms with Gasteiger partial charge in [-0.1, -0.05) is 13.3 Å². The Kier molecular flexibility index (Phi) is 3.98. The number of aryl methyl sites for hydroxylation is 1. The molecule has 3 rings (SSSR count). The molecule has 1 fully saturated rings. The molecule has 0 saturated carbocycles. The first-order valence-electron chi connectivity index (χ1n) is 8.07. The van der Waals surface area contributed by atoms with E-state index in [2.05, 4.69) is 23.7 Å². The van der Waals surface area contributed by atoms with Gasteiger partial charge in [0, 0.05) is 18.5 Å². The van der Waals surface area contributed by atoms with Crippen molar-refractivity contribution in [1.29, 1.82) is 0 Å². The summed E-state index contributed by atoms with van der Waals surface area (Å²) in [6.07, 6.45) is 4.62. The second kappa shape index (κ2) is 5.76. The number of imidazole rings is 1. The molecular formula is C17H24FN3. The zero-order valence-corrected chi connectivity index (χ0v) is 13.0. The van der Waals surface area contributed by atoms with E-state index in [1.165, 1.54) is 18.9 Å². The summed E-state index contributed by atoms with van der Waals surface area (Å²) in [5, 5.41) is 3.54. The molecule has 1 atom stereocenters. The van der Waals surface area contributed by atoms with Gasteiger partial charge in [0.25, 0.3) is 0 Å². The first-order chi connectivity index (χ1) is 10.2. The van der Waals surface area contributed by atoms with Gasteiger partial charge in [-0.05, 0) is 50.9 Å². The molecule has 4 heteroatoms. The maximum atomic E-state index is 13.6. The van der Waals surface area contributed by atoms with E-state index >= 15 is 0 Å². The Labute approximate surface area is 125 Å². The van der Waals surface area contributed by atoms with Crippen LogP contribution < -0.4 is 5.32 Å². The van der Waals surface area contributed by atoms with Gasteiger partial charge in [-0.25, -0.2) is 9.37 Å². The lowest BCUT2D eigenvalue weighted by molar-refractivity contribution is 0.269. The Morgan fingerprint density at radius 1 is 1.38 bits per heavy atom. The molecule has 0 radical (unpaired) electrons. The highest BCUT2D eigenvalue weighted by Crippen LogP contribution is 2.37. The molecule has 1 unspecified atom stereocenters. The smallest absolute Gasteiger partial charge is 0.125 e. The molecule has 0 aliphatic carbocycles. The number of aromatic nitrogens is 2. The number of piperidine rings is 1. The molecule has 0 amide bonds. The fourth-order valence-corrected chi connectivity index (χ4v) is 3.78. The lowest BCUT2D eigenvalue weighted by Gasteiger charge is -2.37. The summed E-state index contributed by atoms with van der Waals surface area (Å²) in [4.78, 5) is 4.90. The highest BCUT2D eigenvalue weighted by molar-refractivity contribution is 5.76. The molecule has 1 aliphatic heterocycles. The monoisotopic (exact) mass is 289 g/mol. The molecule has 3 nitrogen and oxygen atoms in total. The molecule has 1 saturated heterocycles. The SMILES string of the molecule is CCCC1(c2nc3ccc(F)cc3n2CC)CCCNC1. The topological polar surface area (TPSA) is 29.9 Å². The first kappa shape index (κ1) is 14.5. The fraction of sp³-hybridized carbons (Fsp3) is 0.588. The van der Waals surface area contributed by atoms with Crippen molar-refractivity contribution >= 4 is 11.0 Å². The second-order valence-electron chi connectivity index (χ2n) is 6.12. The average Bonchev–Trinajstić information content (AvgIpc) is 2.87. The van der Waals surface area contributed by atoms with Gasteiger partial charge in [-0.3, -0.25) is 0 Å². The summed E-state index contributed by atoms with van der Waals surface area (Å²) in [6.45, 7) is 7.25. The van der Waals surface area contributed by atoms with Gasteiger partial charge >= 0.3 is 0 Å². The lowest BCUT2D eigenvalue weighted by atomic mass is 9.76. The van der Waals surface area contributed by atoms with Crippen molar-refractivity contribution in [2.45, 2.75) is 51.5 Å². The number of nitrogens with one attached hydrogen (secondary N) is 1. The Balaban J connectivity index is 2.16. The molecule has 1 aliphatic rings. The van der Waals surface area contributed by atoms with Crippen LogP contribution in [0.15, 0.2) is 18.2 Å². The Hall–Kier alpha value is -1.42. The van der Waals surface area contributed by atoms with Crippen molar-refractivity contribution < 1.29 is 4.39 Å². The lowest BCUT2D eigenvalue weighted by Crippen LogP contribution is -2.45. The van der Waals surface area contributed by atoms with Crippen LogP contribution >= 0.6 is 0 Å². The van der Waals surface area contributed by atoms with Gasteiger partial charge in [-0.15, -0.1) is 0 Å². The van der Waals surface area contributed by atoms with E-state index in [-0.39, 0.29) is 11.2 Å². The van der Waals surface area contributed by atoms with E-state index < -0.39 is 0 Å². The first-order valence-corrected chi connectivity index (χ1v) is 8.07. The fourth-order valence-electron chi connectivity index (χ4n) is 3.78. The molecule has 114 valence electrons. The summed E-state index contributed by atoms with van der Waals surface area (Å²) < 4.78 is 15.8. The summed E-state index contributed by atoms with van der Waals surface area (Å²) in [5.41, 5.74) is 1.93. The molecule has 21 heavy (non-hydrogen) atoms. The summed E-state index contributed by atoms with van der Waals surface area (Å²) >= 11 is 0. The van der Waals surface area contributed by atoms with E-state index in [1.54, 1.807) is 12.1 Å². The maximum Gasteiger partial charge on any atom is 0.125 e. The highest BCUT2D eigenvalue weighted by Gasteiger charge is 2.37. The van der Waals surface area contributed by atoms with Crippen LogP contribution in [0.5, 0.6) is 0 Å². The Bertz CT molecular complexity index is 621. The van der Waals surface area contributed by atoms with Crippen LogP contribution in [0.4, 0.5) is 4.39 Å². The van der Waals surface area contributed by atoms with Crippen LogP contribution in [-0.4, -0.2) is 22.6 Å². The minimum atomic E-state index is -0.185. The Morgan fingerprint density at radius 3 is 2.90 bits per heavy atom. The van der Waals surface area contributed by atoms with Crippen LogP contribution in [0.25, 0.3) is 11.0 Å². The zero-order chi connectivity index (χ0) is 14.9. The zero-order valence-electron chi connectivity index (χ0n) is 13.0. The van der Waals surface area contributed by atoms with Crippen LogP contribution in [0, 0.1) is 5.82 Å². The molecule has 0 spiro atoms. The van der Waals surface area contributed by atoms with Crippen molar-refractivity contribution in [2.24, 2.45) is 0 Å². The molecule has 0 bridgehead atoms. The van der Waals surface area contributed by atoms with Crippen molar-refractivity contribution in [3.63, 3.8) is 0 Å². The highest BCUT2D eigenvalue weighted by atomic mass is 19.1. The van der Waals surface area contributed by atoms with E-state index in [0.29, 0.717) is 0 Å². The summed E-state index contributed by atoms with van der Waals surface area (Å²) in [5.74, 6) is 0.953. The molecular weight excluding hydrogens is 265 g/mol. The largest absolute Gasteiger partial charge is 0.328 e. The molecule has 1 aromatic heterocycles. The van der Waals surface area contributed by atoms with E-state index in [1.807, 2.05) is 0 Å². The number of halogens is 1. The predicted octanol–water partition coefficient (Wildman–Crippen LogP) is 3.62. The molecule has 1 N–H and O–H groups in total. The average molecular weight is 289 g/mol. The van der Waals surface area contributed by atoms with Crippen LogP contribution in [-0.2, 0) is 12.0 Å². The number of nitrogens with zero attached hydrogens (tertiary/aromatic N) is 2. The van der Waals surface area contributed by atoms with Crippen molar-refractivity contribution in [1.82, 2.24) is 14.9 Å². The Morgan fingerprint density at radius 2 is 2.24 bits per heavy atom. The second-order valence-corrected chi connectivity index (χ2v) is 6.12. The normalized spacial score (nSPS) is 22.8. The third-order valence-corrected chi connectivity index (χ3v) is 4.70. The number of benzene rings is 1. The summed E-state index contributed by atoms with van der Waals surface area (Å²) in [6, 6.07) is 4.92. The van der Waals surface area contributed by atoms with Gasteiger partial charge in [0.15, 0.2) is 0 Å². The van der Waals surface area contributed by atoms with Gasteiger partial charge < -0.3 is 9.88 Å². The maximum absolute atomic E-state index is 13.6. The number of hydrogen-bond donors (Lipinski definition) is 1. The van der Waals surface area contributed by atoms with Crippen LogP contribution in [0.2, 0.25) is 0 Å². The third kappa shape index (κ3) is 2.46. The van der Waals surface area contributed by atoms with Gasteiger partial charge in [0.2, 0.25) is 0 Å². The number of rotatable bonds is 4. The predicted molar refractivity (Wildman–Crippen MR) is 84.1 cm³/mol. The van der Waals surface area contributed by atoms with Crippen molar-refractivity contribution in [3.05, 3.63) is 29.8 Å². The summed E-state index contributed by atoms with van der Waals surface area (Å²) in [7, 11) is 0. The van der Waals surface area contributed by atoms with E-state index in [9.17, 15) is 4.39 Å². The quantitative estimate of drug-likeness (QED) is 0.931. The van der Waals surface area contributed by atoms with Crippen LogP contribution in [0.1, 0.15) is 45.4 Å². The van der Waals surface area contributed by atoms with Gasteiger partial charge in [0.05, 0.1) is 11.0 Å². The molecule has 1 aromatic carbocycles. The van der Waals surface area contributed by atoms with E-state index in [0.717, 1.165) is 49.3 Å². The standard InChI is InChI=1S/C17H24FN3/c1-3-8-17(9-5-10-19-12-17)16-20-14-7-6-13(18)11-15(14)21(16)4-2/h6-7,11,19H,3-5,8-10,12H2,1-2H3. The molecule has 2 aromatic rings. The van der Waals surface area contributed by atoms with E-state index in [4.69, 9.17) is 4.98 Å². The number of fused-ring (bicyclic) bond motifs is 1. The van der Waals surface area contributed by atoms with Crippen molar-refractivity contribution in [2.75, 3.05) is 13.1 Å². The van der Waals surface area contributed by atoms with Crippen molar-refractivity contribution in [3.8, 4) is 0 Å². The minimum Gasteiger partial charge on any atom is -0.328 e. The minimum absolute atomic E-state index is 0.0957.